The normalized spacial score (nSPS) is 13.7. The zero-order valence-corrected chi connectivity index (χ0v) is 43.3. The van der Waals surface area contributed by atoms with E-state index < -0.39 is 11.4 Å². The van der Waals surface area contributed by atoms with Crippen molar-refractivity contribution < 1.29 is 14.6 Å². The third kappa shape index (κ3) is 32.7. The third-order valence-electron chi connectivity index (χ3n) is 10.2. The molecule has 8 nitrogen and oxygen atoms in total. The lowest BCUT2D eigenvalue weighted by atomic mass is 9.80. The van der Waals surface area contributed by atoms with Crippen LogP contribution in [0.2, 0.25) is 0 Å². The van der Waals surface area contributed by atoms with E-state index in [1.165, 1.54) is 68.3 Å². The van der Waals surface area contributed by atoms with Gasteiger partial charge in [-0.05, 0) is 107 Å². The molecule has 1 saturated heterocycles. The summed E-state index contributed by atoms with van der Waals surface area (Å²) in [5, 5.41) is 8.25. The average molecular weight is 906 g/mol. The fraction of sp³-hybridized carbons (Fsp3) is 0.706. The van der Waals surface area contributed by atoms with Crippen LogP contribution in [0, 0.1) is 35.0 Å². The average Bonchev–Trinajstić information content (AvgIpc) is 3.75. The maximum Gasteiger partial charge on any atom is 0.308 e. The molecule has 3 N–H and O–H groups in total. The summed E-state index contributed by atoms with van der Waals surface area (Å²) in [7, 11) is 0. The number of carboxylic acid groups (broad SMARTS) is 1. The quantitative estimate of drug-likeness (QED) is 0.0713. The van der Waals surface area contributed by atoms with Crippen LogP contribution in [0.3, 0.4) is 0 Å². The van der Waals surface area contributed by atoms with E-state index in [4.69, 9.17) is 16.3 Å². The van der Waals surface area contributed by atoms with E-state index >= 15 is 0 Å². The van der Waals surface area contributed by atoms with E-state index in [9.17, 15) is 9.59 Å². The Morgan fingerprint density at radius 2 is 1.47 bits per heavy atom. The first kappa shape index (κ1) is 63.5. The molecule has 0 bridgehead atoms. The molecule has 348 valence electrons. The first-order valence-corrected chi connectivity index (χ1v) is 23.6. The van der Waals surface area contributed by atoms with E-state index in [-0.39, 0.29) is 17.0 Å². The summed E-state index contributed by atoms with van der Waals surface area (Å²) in [5.74, 6) is 2.99. The van der Waals surface area contributed by atoms with Crippen LogP contribution in [0.15, 0.2) is 57.0 Å². The van der Waals surface area contributed by atoms with E-state index in [0.29, 0.717) is 11.8 Å². The second kappa shape index (κ2) is 38.8. The van der Waals surface area contributed by atoms with Crippen LogP contribution in [-0.2, 0) is 16.1 Å². The fourth-order valence-electron chi connectivity index (χ4n) is 4.44. The molecule has 1 aliphatic heterocycles. The number of H-pyrrole nitrogens is 2. The Labute approximate surface area is 378 Å². The molecule has 3 heterocycles. The molecule has 0 amide bonds. The number of aliphatic imine (C=N–C) groups is 1. The summed E-state index contributed by atoms with van der Waals surface area (Å²) in [6, 6.07) is 6.24. The van der Waals surface area contributed by atoms with Crippen molar-refractivity contribution in [3.8, 4) is 12.3 Å². The summed E-state index contributed by atoms with van der Waals surface area (Å²) in [6.07, 6.45) is 20.8. The maximum absolute atomic E-state index is 12.1. The number of aliphatic carboxylic acids is 1. The number of pyridine rings is 1. The largest absolute Gasteiger partial charge is 0.481 e. The van der Waals surface area contributed by atoms with E-state index in [0.717, 1.165) is 49.3 Å². The van der Waals surface area contributed by atoms with Gasteiger partial charge < -0.3 is 24.7 Å². The van der Waals surface area contributed by atoms with Crippen molar-refractivity contribution in [2.75, 3.05) is 24.7 Å². The van der Waals surface area contributed by atoms with Crippen LogP contribution in [0.1, 0.15) is 188 Å². The number of hydrogen-bond donors (Lipinski definition) is 3. The smallest absolute Gasteiger partial charge is 0.308 e. The molecule has 3 unspecified atom stereocenters. The predicted octanol–water partition coefficient (Wildman–Crippen LogP) is 14.9. The first-order valence-electron chi connectivity index (χ1n) is 22.8. The van der Waals surface area contributed by atoms with Gasteiger partial charge in [0.05, 0.1) is 25.2 Å². The van der Waals surface area contributed by atoms with Gasteiger partial charge in [-0.2, -0.15) is 0 Å². The molecule has 0 spiro atoms. The standard InChI is InChI=1S/C14H21BrN2O2.C11H18N2.C7H14.C6H14.C5H10O2.C4H10.C4H6/c1-4-5-17(10(2)14(3)8-19-9-14)12-6-11(15)7-16-13(12)18;1-4-9(2)10(3)13-8-11-6-5-7-12-11;1-5-7(4)6(2)3;1-3-5-6-4-2;1-5(2,3)4(6)7;2*1-3-4-2/h6-7,10H,4-5,8-9H2,1-3H3,(H,16,18);5-7,9,12H,4,8H2,1-3H3;7H,2,5H2,1,3-4H3;3-6H2,1-2H3;1-3H3,(H,6,7);3-4H2,1-2H3;1H,4H2,2H3. The molecule has 2 aromatic heterocycles. The highest BCUT2D eigenvalue weighted by Gasteiger charge is 2.42. The number of carboxylic acids is 1. The fourth-order valence-corrected chi connectivity index (χ4v) is 4.77. The van der Waals surface area contributed by atoms with Gasteiger partial charge in [-0.25, -0.2) is 0 Å². The summed E-state index contributed by atoms with van der Waals surface area (Å²) < 4.78 is 6.25. The third-order valence-corrected chi connectivity index (χ3v) is 10.7. The molecule has 3 atom stereocenters. The predicted molar refractivity (Wildman–Crippen MR) is 269 cm³/mol. The number of rotatable bonds is 15. The zero-order valence-electron chi connectivity index (χ0n) is 41.7. The molecule has 3 rings (SSSR count). The van der Waals surface area contributed by atoms with Crippen LogP contribution in [-0.4, -0.2) is 52.6 Å². The molecule has 60 heavy (non-hydrogen) atoms. The molecular weight excluding hydrogens is 812 g/mol. The molecule has 1 fully saturated rings. The summed E-state index contributed by atoms with van der Waals surface area (Å²) in [6.45, 7) is 42.3. The number of terminal acetylenes is 1. The number of unbranched alkanes of at least 4 members (excludes halogenated alkanes) is 4. The minimum atomic E-state index is -0.757. The number of allylic oxidation sites excluding steroid dienone is 1. The van der Waals surface area contributed by atoms with Crippen molar-refractivity contribution in [1.82, 2.24) is 9.97 Å². The maximum atomic E-state index is 12.1. The highest BCUT2D eigenvalue weighted by molar-refractivity contribution is 9.10. The molecule has 0 aromatic carbocycles. The van der Waals surface area contributed by atoms with E-state index in [1.54, 1.807) is 27.0 Å². The molecule has 0 saturated carbocycles. The van der Waals surface area contributed by atoms with Crippen molar-refractivity contribution >= 4 is 33.3 Å². The minimum Gasteiger partial charge on any atom is -0.481 e. The lowest BCUT2D eigenvalue weighted by molar-refractivity contribution is -0.145. The highest BCUT2D eigenvalue weighted by Crippen LogP contribution is 2.35. The topological polar surface area (TPSA) is 111 Å². The van der Waals surface area contributed by atoms with Crippen molar-refractivity contribution in [3.05, 3.63) is 63.3 Å². The lowest BCUT2D eigenvalue weighted by Gasteiger charge is -2.48. The van der Waals surface area contributed by atoms with Gasteiger partial charge in [0.2, 0.25) is 0 Å². The van der Waals surface area contributed by atoms with Crippen LogP contribution in [0.25, 0.3) is 0 Å². The van der Waals surface area contributed by atoms with Crippen molar-refractivity contribution in [1.29, 1.82) is 0 Å². The minimum absolute atomic E-state index is 0.0349. The SMILES string of the molecule is C#CCC.C=C(C)C(C)CC.CC(C)(C)C(=O)O.CCC(C)C(C)=NCc1ccc[nH]1.CCCC.CCCCCC.CCCN(c1cc(Br)c[nH]c1=O)C(C)C1(C)COC1. The number of anilines is 1. The molecule has 2 aromatic rings. The van der Waals surface area contributed by atoms with Gasteiger partial charge in [-0.3, -0.25) is 14.6 Å². The van der Waals surface area contributed by atoms with Crippen LogP contribution < -0.4 is 10.5 Å². The number of ether oxygens (including phenoxy) is 1. The van der Waals surface area contributed by atoms with Crippen molar-refractivity contribution in [2.24, 2.45) is 27.7 Å². The number of nitrogens with one attached hydrogen (secondary N) is 2. The number of carbonyl (C=O) groups is 1. The highest BCUT2D eigenvalue weighted by atomic mass is 79.9. The van der Waals surface area contributed by atoms with Gasteiger partial charge in [0, 0.05) is 52.7 Å². The number of nitrogens with zero attached hydrogens (tertiary/aromatic N) is 2. The first-order chi connectivity index (χ1) is 28.1. The molecular formula is C51H93BrN4O4. The van der Waals surface area contributed by atoms with E-state index in [1.807, 2.05) is 25.3 Å². The summed E-state index contributed by atoms with van der Waals surface area (Å²) >= 11 is 3.42. The summed E-state index contributed by atoms with van der Waals surface area (Å²) in [5.41, 5.74) is 3.97. The van der Waals surface area contributed by atoms with Gasteiger partial charge in [0.15, 0.2) is 0 Å². The van der Waals surface area contributed by atoms with Gasteiger partial charge >= 0.3 is 5.97 Å². The Kier molecular flexibility index (Phi) is 41.1. The van der Waals surface area contributed by atoms with E-state index in [2.05, 4.69) is 144 Å². The Balaban J connectivity index is -0.000000333. The number of aromatic amines is 2. The van der Waals surface area contributed by atoms with Crippen molar-refractivity contribution in [2.45, 2.75) is 194 Å². The molecule has 0 aliphatic carbocycles. The van der Waals surface area contributed by atoms with Gasteiger partial charge in [-0.15, -0.1) is 12.3 Å². The second-order valence-electron chi connectivity index (χ2n) is 17.0. The number of aromatic nitrogens is 2. The van der Waals surface area contributed by atoms with Gasteiger partial charge in [0.25, 0.3) is 5.56 Å². The second-order valence-corrected chi connectivity index (χ2v) is 17.9. The van der Waals surface area contributed by atoms with Gasteiger partial charge in [-0.1, -0.05) is 127 Å². The Hall–Kier alpha value is -3.09. The monoisotopic (exact) mass is 905 g/mol. The Morgan fingerprint density at radius 1 is 0.967 bits per heavy atom. The number of hydrogen-bond acceptors (Lipinski definition) is 5. The molecule has 1 aliphatic rings. The zero-order chi connectivity index (χ0) is 47.3. The molecule has 9 heteroatoms. The number of halogens is 1. The van der Waals surface area contributed by atoms with Crippen LogP contribution in [0.5, 0.6) is 0 Å². The van der Waals surface area contributed by atoms with Crippen LogP contribution >= 0.6 is 15.9 Å². The van der Waals surface area contributed by atoms with Crippen molar-refractivity contribution in [3.63, 3.8) is 0 Å². The van der Waals surface area contributed by atoms with Gasteiger partial charge in [0.1, 0.15) is 5.69 Å². The lowest BCUT2D eigenvalue weighted by Crippen LogP contribution is -2.56. The Bertz CT molecular complexity index is 1440. The van der Waals surface area contributed by atoms with Crippen LogP contribution in [0.4, 0.5) is 5.69 Å². The Morgan fingerprint density at radius 3 is 1.77 bits per heavy atom. The molecule has 0 radical (unpaired) electrons. The summed E-state index contributed by atoms with van der Waals surface area (Å²) in [4.78, 5) is 34.7.